The third kappa shape index (κ3) is 5.25. The zero-order valence-electron chi connectivity index (χ0n) is 17.7. The van der Waals surface area contributed by atoms with E-state index >= 15 is 0 Å². The van der Waals surface area contributed by atoms with Gasteiger partial charge in [-0.2, -0.15) is 0 Å². The van der Waals surface area contributed by atoms with E-state index in [0.29, 0.717) is 36.2 Å². The minimum absolute atomic E-state index is 0.122. The molecule has 0 aromatic carbocycles. The molecule has 0 bridgehead atoms. The van der Waals surface area contributed by atoms with E-state index in [1.54, 1.807) is 0 Å². The number of piperidine rings is 1. The van der Waals surface area contributed by atoms with Crippen LogP contribution in [0, 0.1) is 11.8 Å². The molecular formula is C22H37ClFN3O2. The molecule has 4 fully saturated rings. The second-order valence-corrected chi connectivity index (χ2v) is 10.4. The summed E-state index contributed by atoms with van der Waals surface area (Å²) in [4.78, 5) is 17.5. The molecule has 166 valence electrons. The van der Waals surface area contributed by atoms with Crippen molar-refractivity contribution in [1.82, 2.24) is 15.1 Å². The molecule has 2 saturated carbocycles. The van der Waals surface area contributed by atoms with Crippen molar-refractivity contribution < 1.29 is 13.9 Å². The number of likely N-dealkylation sites (tertiary alicyclic amines) is 1. The predicted octanol–water partition coefficient (Wildman–Crippen LogP) is 3.16. The summed E-state index contributed by atoms with van der Waals surface area (Å²) in [5, 5.41) is 4.02. The maximum Gasteiger partial charge on any atom is 0.323 e. The first-order valence-electron chi connectivity index (χ1n) is 11.6. The third-order valence-corrected chi connectivity index (χ3v) is 8.28. The lowest BCUT2D eigenvalue weighted by molar-refractivity contribution is -0.149. The molecule has 0 radical (unpaired) electrons. The highest BCUT2D eigenvalue weighted by atomic mass is 35.5. The van der Waals surface area contributed by atoms with Crippen LogP contribution in [0.4, 0.5) is 4.39 Å². The van der Waals surface area contributed by atoms with Gasteiger partial charge in [-0.05, 0) is 69.6 Å². The van der Waals surface area contributed by atoms with Crippen LogP contribution in [0.15, 0.2) is 0 Å². The van der Waals surface area contributed by atoms with Crippen molar-refractivity contribution in [3.05, 3.63) is 0 Å². The number of halogens is 2. The lowest BCUT2D eigenvalue weighted by atomic mass is 9.85. The molecule has 2 unspecified atom stereocenters. The van der Waals surface area contributed by atoms with Gasteiger partial charge in [0.05, 0.1) is 7.11 Å². The van der Waals surface area contributed by atoms with Crippen molar-refractivity contribution in [1.29, 1.82) is 0 Å². The average molecular weight is 430 g/mol. The van der Waals surface area contributed by atoms with Crippen LogP contribution >= 0.6 is 11.6 Å². The molecule has 29 heavy (non-hydrogen) atoms. The summed E-state index contributed by atoms with van der Waals surface area (Å²) in [6.45, 7) is 3.82. The number of esters is 1. The van der Waals surface area contributed by atoms with E-state index in [4.69, 9.17) is 16.3 Å². The highest BCUT2D eigenvalue weighted by molar-refractivity contribution is 6.20. The molecule has 0 aromatic heterocycles. The van der Waals surface area contributed by atoms with Gasteiger partial charge in [-0.25, -0.2) is 4.39 Å². The first-order chi connectivity index (χ1) is 14.0. The number of ether oxygens (including phenoxy) is 1. The Balaban J connectivity index is 1.39. The first kappa shape index (κ1) is 21.8. The number of methoxy groups -OCH3 is 1. The monoisotopic (exact) mass is 429 g/mol. The first-order valence-corrected chi connectivity index (χ1v) is 12.0. The van der Waals surface area contributed by atoms with Crippen molar-refractivity contribution in [3.63, 3.8) is 0 Å². The van der Waals surface area contributed by atoms with Gasteiger partial charge in [0.2, 0.25) is 0 Å². The van der Waals surface area contributed by atoms with Crippen LogP contribution < -0.4 is 5.32 Å². The van der Waals surface area contributed by atoms with E-state index in [1.165, 1.54) is 20.0 Å². The van der Waals surface area contributed by atoms with Crippen LogP contribution in [0.2, 0.25) is 0 Å². The molecule has 0 amide bonds. The maximum absolute atomic E-state index is 13.6. The molecular weight excluding hydrogens is 393 g/mol. The fourth-order valence-corrected chi connectivity index (χ4v) is 6.29. The van der Waals surface area contributed by atoms with Crippen molar-refractivity contribution in [2.75, 3.05) is 33.4 Å². The van der Waals surface area contributed by atoms with Crippen molar-refractivity contribution in [3.8, 4) is 0 Å². The second-order valence-electron chi connectivity index (χ2n) is 9.77. The van der Waals surface area contributed by atoms with Gasteiger partial charge in [0.25, 0.3) is 0 Å². The van der Waals surface area contributed by atoms with Gasteiger partial charge in [-0.15, -0.1) is 11.6 Å². The minimum atomic E-state index is -0.633. The molecule has 4 aliphatic rings. The van der Waals surface area contributed by atoms with E-state index in [1.807, 2.05) is 0 Å². The molecule has 5 nitrogen and oxygen atoms in total. The smallest absolute Gasteiger partial charge is 0.323 e. The summed E-state index contributed by atoms with van der Waals surface area (Å²) in [5.74, 6) is 1.10. The molecule has 4 rings (SSSR count). The zero-order chi connectivity index (χ0) is 20.4. The number of rotatable bonds is 5. The Bertz CT molecular complexity index is 552. The Labute approximate surface area is 179 Å². The molecule has 2 aliphatic heterocycles. The Morgan fingerprint density at radius 2 is 1.66 bits per heavy atom. The summed E-state index contributed by atoms with van der Waals surface area (Å²) in [7, 11) is 1.49. The quantitative estimate of drug-likeness (QED) is 0.537. The molecule has 3 atom stereocenters. The van der Waals surface area contributed by atoms with Crippen molar-refractivity contribution in [2.45, 2.75) is 87.5 Å². The van der Waals surface area contributed by atoms with Crippen LogP contribution in [-0.2, 0) is 9.53 Å². The number of hydrogen-bond acceptors (Lipinski definition) is 5. The normalized spacial score (nSPS) is 41.8. The van der Waals surface area contributed by atoms with Gasteiger partial charge < -0.3 is 4.74 Å². The zero-order valence-corrected chi connectivity index (χ0v) is 18.5. The predicted molar refractivity (Wildman–Crippen MR) is 113 cm³/mol. The summed E-state index contributed by atoms with van der Waals surface area (Å²) < 4.78 is 18.7. The topological polar surface area (TPSA) is 44.8 Å². The Morgan fingerprint density at radius 1 is 1.03 bits per heavy atom. The van der Waals surface area contributed by atoms with Gasteiger partial charge >= 0.3 is 5.97 Å². The second kappa shape index (κ2) is 9.80. The molecule has 2 saturated heterocycles. The van der Waals surface area contributed by atoms with Crippen LogP contribution in [0.3, 0.4) is 0 Å². The lowest BCUT2D eigenvalue weighted by Gasteiger charge is -2.44. The number of carbonyl (C=O) groups is 1. The third-order valence-electron chi connectivity index (χ3n) is 7.84. The SMILES string of the molecule is COC(=O)[C@H]1CC2NCN(CC3CCC(Cl)CC3)C2CN1CC1CCC(F)CC1. The van der Waals surface area contributed by atoms with Crippen LogP contribution in [0.5, 0.6) is 0 Å². The molecule has 0 spiro atoms. The highest BCUT2D eigenvalue weighted by Gasteiger charge is 2.45. The molecule has 1 N–H and O–H groups in total. The van der Waals surface area contributed by atoms with Crippen molar-refractivity contribution >= 4 is 17.6 Å². The molecule has 2 aliphatic carbocycles. The number of alkyl halides is 2. The van der Waals surface area contributed by atoms with E-state index in [-0.39, 0.29) is 12.0 Å². The molecule has 0 aromatic rings. The number of nitrogens with zero attached hydrogens (tertiary/aromatic N) is 2. The van der Waals surface area contributed by atoms with Crippen LogP contribution in [-0.4, -0.2) is 78.9 Å². The number of carbonyl (C=O) groups excluding carboxylic acids is 1. The number of nitrogens with one attached hydrogen (secondary N) is 1. The lowest BCUT2D eigenvalue weighted by Crippen LogP contribution is -2.59. The fraction of sp³-hybridized carbons (Fsp3) is 0.955. The summed E-state index contributed by atoms with van der Waals surface area (Å²) in [6, 6.07) is 0.618. The fourth-order valence-electron chi connectivity index (χ4n) is 6.04. The Kier molecular flexibility index (Phi) is 7.36. The number of fused-ring (bicyclic) bond motifs is 1. The van der Waals surface area contributed by atoms with E-state index in [0.717, 1.165) is 64.3 Å². The summed E-state index contributed by atoms with van der Waals surface area (Å²) in [5.41, 5.74) is 0. The summed E-state index contributed by atoms with van der Waals surface area (Å²) in [6.07, 6.45) is 8.10. The maximum atomic E-state index is 13.6. The van der Waals surface area contributed by atoms with Gasteiger partial charge in [-0.3, -0.25) is 19.9 Å². The summed E-state index contributed by atoms with van der Waals surface area (Å²) >= 11 is 6.29. The van der Waals surface area contributed by atoms with Gasteiger partial charge in [-0.1, -0.05) is 0 Å². The molecule has 7 heteroatoms. The number of hydrogen-bond donors (Lipinski definition) is 1. The molecule has 2 heterocycles. The highest BCUT2D eigenvalue weighted by Crippen LogP contribution is 2.33. The van der Waals surface area contributed by atoms with Gasteiger partial charge in [0, 0.05) is 43.8 Å². The van der Waals surface area contributed by atoms with E-state index in [2.05, 4.69) is 15.1 Å². The Morgan fingerprint density at radius 3 is 2.31 bits per heavy atom. The van der Waals surface area contributed by atoms with E-state index < -0.39 is 6.17 Å². The van der Waals surface area contributed by atoms with Gasteiger partial charge in [0.1, 0.15) is 12.2 Å². The van der Waals surface area contributed by atoms with Crippen molar-refractivity contribution in [2.24, 2.45) is 11.8 Å². The van der Waals surface area contributed by atoms with Crippen LogP contribution in [0.25, 0.3) is 0 Å². The Hall–Kier alpha value is -0.430. The minimum Gasteiger partial charge on any atom is -0.468 e. The van der Waals surface area contributed by atoms with Gasteiger partial charge in [0.15, 0.2) is 0 Å². The van der Waals surface area contributed by atoms with Crippen LogP contribution in [0.1, 0.15) is 57.8 Å². The standard InChI is InChI=1S/C22H37ClFN3O2/c1-29-22(28)20-10-19-21(13-26(20)11-16-4-8-18(24)9-5-16)27(14-25-19)12-15-2-6-17(23)7-3-15/h15-21,25H,2-14H2,1H3/t15?,16?,17?,18?,19?,20-,21?/m1/s1. The average Bonchev–Trinajstić information content (AvgIpc) is 3.12. The van der Waals surface area contributed by atoms with E-state index in [9.17, 15) is 9.18 Å². The largest absolute Gasteiger partial charge is 0.468 e.